The smallest absolute Gasteiger partial charge is 0.0198 e. The Bertz CT molecular complexity index is 489. The first kappa shape index (κ1) is 15.3. The Morgan fingerprint density at radius 1 is 0.682 bits per heavy atom. The van der Waals surface area contributed by atoms with Gasteiger partial charge in [0.05, 0.1) is 0 Å². The van der Waals surface area contributed by atoms with Gasteiger partial charge in [-0.15, -0.1) is 0 Å². The second kappa shape index (κ2) is 8.11. The van der Waals surface area contributed by atoms with Crippen molar-refractivity contribution in [1.29, 1.82) is 0 Å². The van der Waals surface area contributed by atoms with Gasteiger partial charge in [0.25, 0.3) is 0 Å². The summed E-state index contributed by atoms with van der Waals surface area (Å²) in [6.07, 6.45) is 4.73. The van der Waals surface area contributed by atoms with Crippen molar-refractivity contribution in [3.8, 4) is 0 Å². The van der Waals surface area contributed by atoms with Gasteiger partial charge in [-0.25, -0.2) is 0 Å². The first-order chi connectivity index (χ1) is 10.9. The highest BCUT2D eigenvalue weighted by molar-refractivity contribution is 5.16. The van der Waals surface area contributed by atoms with Crippen molar-refractivity contribution in [3.05, 3.63) is 71.8 Å². The van der Waals surface area contributed by atoms with Crippen molar-refractivity contribution in [3.63, 3.8) is 0 Å². The molecule has 2 atom stereocenters. The van der Waals surface area contributed by atoms with E-state index in [9.17, 15) is 0 Å². The van der Waals surface area contributed by atoms with E-state index < -0.39 is 0 Å². The Morgan fingerprint density at radius 2 is 1.14 bits per heavy atom. The molecule has 0 aliphatic carbocycles. The molecule has 0 saturated carbocycles. The molecule has 2 aromatic carbocycles. The van der Waals surface area contributed by atoms with E-state index in [4.69, 9.17) is 0 Å². The highest BCUT2D eigenvalue weighted by atomic mass is 15.1. The molecule has 2 aromatic rings. The van der Waals surface area contributed by atoms with E-state index in [-0.39, 0.29) is 0 Å². The van der Waals surface area contributed by atoms with E-state index in [1.54, 1.807) is 0 Å². The second-order valence-corrected chi connectivity index (χ2v) is 6.27. The number of nitrogens with one attached hydrogen (secondary N) is 2. The largest absolute Gasteiger partial charge is 0.314 e. The molecule has 1 aliphatic heterocycles. The maximum Gasteiger partial charge on any atom is 0.0198 e. The minimum absolute atomic E-state index is 0.592. The van der Waals surface area contributed by atoms with Crippen molar-refractivity contribution >= 4 is 0 Å². The third-order valence-electron chi connectivity index (χ3n) is 4.50. The normalized spacial score (nSPS) is 21.6. The first-order valence-corrected chi connectivity index (χ1v) is 8.45. The van der Waals surface area contributed by atoms with E-state index in [0.717, 1.165) is 25.9 Å². The SMILES string of the molecule is c1ccc(CC[C@@H]2CNC[C@H](CCc3ccccc3)N2)cc1. The van der Waals surface area contributed by atoms with Crippen LogP contribution in [0.3, 0.4) is 0 Å². The van der Waals surface area contributed by atoms with E-state index in [2.05, 4.69) is 71.3 Å². The Hall–Kier alpha value is -1.64. The monoisotopic (exact) mass is 294 g/mol. The molecule has 0 unspecified atom stereocenters. The predicted octanol–water partition coefficient (Wildman–Crippen LogP) is 3.18. The highest BCUT2D eigenvalue weighted by Crippen LogP contribution is 2.10. The van der Waals surface area contributed by atoms with Crippen molar-refractivity contribution in [2.45, 2.75) is 37.8 Å². The summed E-state index contributed by atoms with van der Waals surface area (Å²) < 4.78 is 0. The number of piperazine rings is 1. The lowest BCUT2D eigenvalue weighted by Gasteiger charge is -2.32. The van der Waals surface area contributed by atoms with Crippen LogP contribution in [0, 0.1) is 0 Å². The molecule has 0 spiro atoms. The summed E-state index contributed by atoms with van der Waals surface area (Å²) in [5.41, 5.74) is 2.88. The van der Waals surface area contributed by atoms with Crippen molar-refractivity contribution < 1.29 is 0 Å². The molecule has 22 heavy (non-hydrogen) atoms. The summed E-state index contributed by atoms with van der Waals surface area (Å²) in [5, 5.41) is 7.43. The van der Waals surface area contributed by atoms with Gasteiger partial charge in [0.15, 0.2) is 0 Å². The van der Waals surface area contributed by atoms with Gasteiger partial charge in [-0.1, -0.05) is 60.7 Å². The second-order valence-electron chi connectivity index (χ2n) is 6.27. The summed E-state index contributed by atoms with van der Waals surface area (Å²) >= 11 is 0. The Balaban J connectivity index is 1.43. The first-order valence-electron chi connectivity index (χ1n) is 8.45. The van der Waals surface area contributed by atoms with Crippen molar-refractivity contribution in [1.82, 2.24) is 10.6 Å². The molecule has 1 heterocycles. The zero-order valence-corrected chi connectivity index (χ0v) is 13.2. The van der Waals surface area contributed by atoms with Gasteiger partial charge in [0, 0.05) is 25.2 Å². The van der Waals surface area contributed by atoms with Gasteiger partial charge >= 0.3 is 0 Å². The number of hydrogen-bond acceptors (Lipinski definition) is 2. The van der Waals surface area contributed by atoms with Gasteiger partial charge in [-0.2, -0.15) is 0 Å². The molecular weight excluding hydrogens is 268 g/mol. The lowest BCUT2D eigenvalue weighted by molar-refractivity contribution is 0.314. The molecule has 2 nitrogen and oxygen atoms in total. The van der Waals surface area contributed by atoms with Gasteiger partial charge < -0.3 is 10.6 Å². The van der Waals surface area contributed by atoms with E-state index in [0.29, 0.717) is 12.1 Å². The van der Waals surface area contributed by atoms with E-state index in [1.807, 2.05) is 0 Å². The summed E-state index contributed by atoms with van der Waals surface area (Å²) in [5.74, 6) is 0. The zero-order valence-electron chi connectivity index (χ0n) is 13.2. The average molecular weight is 294 g/mol. The van der Waals surface area contributed by atoms with Crippen LogP contribution in [0.2, 0.25) is 0 Å². The van der Waals surface area contributed by atoms with Crippen molar-refractivity contribution in [2.24, 2.45) is 0 Å². The minimum atomic E-state index is 0.592. The van der Waals surface area contributed by atoms with Crippen LogP contribution in [0.1, 0.15) is 24.0 Å². The third kappa shape index (κ3) is 4.69. The molecule has 116 valence electrons. The van der Waals surface area contributed by atoms with Crippen LogP contribution >= 0.6 is 0 Å². The average Bonchev–Trinajstić information content (AvgIpc) is 2.60. The number of hydrogen-bond donors (Lipinski definition) is 2. The van der Waals surface area contributed by atoms with Gasteiger partial charge in [-0.05, 0) is 36.8 Å². The standard InChI is InChI=1S/C20H26N2/c1-3-7-17(8-4-1)11-13-19-15-21-16-20(22-19)14-12-18-9-5-2-6-10-18/h1-10,19-22H,11-16H2/t19-,20+. The lowest BCUT2D eigenvalue weighted by Crippen LogP contribution is -2.55. The van der Waals surface area contributed by atoms with Crippen LogP contribution in [-0.2, 0) is 12.8 Å². The summed E-state index contributed by atoms with van der Waals surface area (Å²) in [6, 6.07) is 22.8. The Labute approximate surface area is 134 Å². The fraction of sp³-hybridized carbons (Fsp3) is 0.400. The minimum Gasteiger partial charge on any atom is -0.314 e. The summed E-state index contributed by atoms with van der Waals surface area (Å²) in [6.45, 7) is 2.18. The molecular formula is C20H26N2. The molecule has 2 N–H and O–H groups in total. The third-order valence-corrected chi connectivity index (χ3v) is 4.50. The molecule has 1 fully saturated rings. The van der Waals surface area contributed by atoms with Gasteiger partial charge in [0.2, 0.25) is 0 Å². The van der Waals surface area contributed by atoms with Crippen LogP contribution in [-0.4, -0.2) is 25.2 Å². The zero-order chi connectivity index (χ0) is 15.0. The van der Waals surface area contributed by atoms with Crippen LogP contribution in [0.4, 0.5) is 0 Å². The highest BCUT2D eigenvalue weighted by Gasteiger charge is 2.20. The Morgan fingerprint density at radius 3 is 1.59 bits per heavy atom. The van der Waals surface area contributed by atoms with E-state index in [1.165, 1.54) is 24.0 Å². The molecule has 1 saturated heterocycles. The molecule has 2 heteroatoms. The molecule has 3 rings (SSSR count). The van der Waals surface area contributed by atoms with Crippen LogP contribution in [0.25, 0.3) is 0 Å². The lowest BCUT2D eigenvalue weighted by atomic mass is 9.99. The fourth-order valence-electron chi connectivity index (χ4n) is 3.22. The number of aryl methyl sites for hydroxylation is 2. The molecule has 1 aliphatic rings. The Kier molecular flexibility index (Phi) is 5.63. The maximum atomic E-state index is 3.83. The van der Waals surface area contributed by atoms with E-state index >= 15 is 0 Å². The van der Waals surface area contributed by atoms with Gasteiger partial charge in [0.1, 0.15) is 0 Å². The summed E-state index contributed by atoms with van der Waals surface area (Å²) in [7, 11) is 0. The molecule has 0 aromatic heterocycles. The maximum absolute atomic E-state index is 3.83. The summed E-state index contributed by atoms with van der Waals surface area (Å²) in [4.78, 5) is 0. The van der Waals surface area contributed by atoms with Crippen molar-refractivity contribution in [2.75, 3.05) is 13.1 Å². The molecule has 0 amide bonds. The molecule has 0 radical (unpaired) electrons. The van der Waals surface area contributed by atoms with Crippen LogP contribution in [0.5, 0.6) is 0 Å². The van der Waals surface area contributed by atoms with Gasteiger partial charge in [-0.3, -0.25) is 0 Å². The van der Waals surface area contributed by atoms with Crippen LogP contribution < -0.4 is 10.6 Å². The topological polar surface area (TPSA) is 24.1 Å². The fourth-order valence-corrected chi connectivity index (χ4v) is 3.22. The number of benzene rings is 2. The number of rotatable bonds is 6. The van der Waals surface area contributed by atoms with Crippen LogP contribution in [0.15, 0.2) is 60.7 Å². The molecule has 0 bridgehead atoms. The predicted molar refractivity (Wildman–Crippen MR) is 93.1 cm³/mol. The quantitative estimate of drug-likeness (QED) is 0.855.